The predicted molar refractivity (Wildman–Crippen MR) is 77.2 cm³/mol. The van der Waals surface area contributed by atoms with Crippen LogP contribution < -0.4 is 15.4 Å². The number of rotatable bonds is 7. The summed E-state index contributed by atoms with van der Waals surface area (Å²) in [5.41, 5.74) is -0.938. The molecule has 6 nitrogen and oxygen atoms in total. The number of aliphatic hydroxyl groups excluding tert-OH is 1. The number of pyridine rings is 1. The van der Waals surface area contributed by atoms with E-state index in [2.05, 4.69) is 20.4 Å². The van der Waals surface area contributed by atoms with Crippen molar-refractivity contribution in [2.75, 3.05) is 6.54 Å². The van der Waals surface area contributed by atoms with Gasteiger partial charge in [-0.3, -0.25) is 0 Å². The summed E-state index contributed by atoms with van der Waals surface area (Å²) in [4.78, 5) is 15.3. The number of nitrogens with zero attached hydrogens (tertiary/aromatic N) is 1. The molecule has 3 fully saturated rings. The Morgan fingerprint density at radius 1 is 1.38 bits per heavy atom. The zero-order valence-electron chi connectivity index (χ0n) is 12.8. The molecule has 0 saturated heterocycles. The summed E-state index contributed by atoms with van der Waals surface area (Å²) in [6.07, 6.45) is 1.59. The number of halogens is 3. The second-order valence-corrected chi connectivity index (χ2v) is 6.50. The van der Waals surface area contributed by atoms with Crippen molar-refractivity contribution in [3.05, 3.63) is 23.9 Å². The third kappa shape index (κ3) is 3.40. The number of alkyl halides is 3. The first-order chi connectivity index (χ1) is 11.3. The molecule has 2 amide bonds. The Bertz CT molecular complexity index is 609. The van der Waals surface area contributed by atoms with E-state index >= 15 is 0 Å². The number of hydrogen-bond acceptors (Lipinski definition) is 4. The summed E-state index contributed by atoms with van der Waals surface area (Å²) >= 11 is 0. The molecule has 0 aromatic carbocycles. The van der Waals surface area contributed by atoms with E-state index in [1.807, 2.05) is 0 Å². The van der Waals surface area contributed by atoms with Gasteiger partial charge in [0.1, 0.15) is 5.67 Å². The van der Waals surface area contributed by atoms with Gasteiger partial charge < -0.3 is 20.5 Å². The van der Waals surface area contributed by atoms with E-state index < -0.39 is 24.4 Å². The maximum absolute atomic E-state index is 13.4. The molecule has 0 spiro atoms. The van der Waals surface area contributed by atoms with Gasteiger partial charge in [-0.25, -0.2) is 14.2 Å². The molecule has 2 bridgehead atoms. The summed E-state index contributed by atoms with van der Waals surface area (Å²) in [6, 6.07) is 2.34. The van der Waals surface area contributed by atoms with E-state index in [0.29, 0.717) is 24.8 Å². The van der Waals surface area contributed by atoms with Crippen molar-refractivity contribution < 1.29 is 27.8 Å². The van der Waals surface area contributed by atoms with Gasteiger partial charge in [0, 0.05) is 30.8 Å². The van der Waals surface area contributed by atoms with Crippen LogP contribution in [0.15, 0.2) is 18.3 Å². The molecule has 0 radical (unpaired) electrons. The fourth-order valence-corrected chi connectivity index (χ4v) is 3.46. The largest absolute Gasteiger partial charge is 0.417 e. The van der Waals surface area contributed by atoms with Crippen molar-refractivity contribution in [1.82, 2.24) is 15.6 Å². The van der Waals surface area contributed by atoms with Crippen LogP contribution in [0.4, 0.5) is 18.0 Å². The van der Waals surface area contributed by atoms with Crippen molar-refractivity contribution in [3.8, 4) is 5.88 Å². The van der Waals surface area contributed by atoms with Crippen molar-refractivity contribution in [2.24, 2.45) is 5.41 Å². The van der Waals surface area contributed by atoms with Crippen molar-refractivity contribution in [3.63, 3.8) is 0 Å². The van der Waals surface area contributed by atoms with Gasteiger partial charge in [0.15, 0.2) is 0 Å². The minimum Gasteiger partial charge on any atom is -0.417 e. The van der Waals surface area contributed by atoms with Gasteiger partial charge in [-0.05, 0) is 30.9 Å². The first kappa shape index (κ1) is 16.8. The molecular formula is C15H18F3N3O3. The molecule has 4 rings (SSSR count). The average molecular weight is 345 g/mol. The van der Waals surface area contributed by atoms with E-state index in [4.69, 9.17) is 0 Å². The third-order valence-electron chi connectivity index (χ3n) is 4.63. The van der Waals surface area contributed by atoms with E-state index in [0.717, 1.165) is 0 Å². The smallest absolute Gasteiger partial charge is 0.388 e. The molecule has 24 heavy (non-hydrogen) atoms. The van der Waals surface area contributed by atoms with Crippen LogP contribution in [0.25, 0.3) is 0 Å². The standard InChI is InChI=1S/C15H18F3N3O3/c16-12(17)24-11-3-9(1-2-19-11)4-20-13(23)21-5-10(22)14-6-15(18,7-14)8-14/h1-3,10,12,22H,4-8H2,(H2,20,21,23). The summed E-state index contributed by atoms with van der Waals surface area (Å²) in [7, 11) is 0. The fourth-order valence-electron chi connectivity index (χ4n) is 3.46. The first-order valence-corrected chi connectivity index (χ1v) is 7.59. The van der Waals surface area contributed by atoms with Crippen molar-refractivity contribution >= 4 is 6.03 Å². The Kier molecular flexibility index (Phi) is 4.29. The Balaban J connectivity index is 1.39. The van der Waals surface area contributed by atoms with Crippen LogP contribution >= 0.6 is 0 Å². The molecule has 9 heteroatoms. The lowest BCUT2D eigenvalue weighted by Crippen LogP contribution is -2.70. The summed E-state index contributed by atoms with van der Waals surface area (Å²) in [5, 5.41) is 15.1. The molecule has 3 N–H and O–H groups in total. The van der Waals surface area contributed by atoms with E-state index in [1.165, 1.54) is 12.3 Å². The van der Waals surface area contributed by atoms with E-state index in [1.54, 1.807) is 6.07 Å². The SMILES string of the molecule is O=C(NCc1ccnc(OC(F)F)c1)NCC(O)C12CC(F)(C1)C2. The molecule has 132 valence electrons. The number of hydrogen-bond donors (Lipinski definition) is 3. The van der Waals surface area contributed by atoms with Crippen LogP contribution in [0.5, 0.6) is 5.88 Å². The summed E-state index contributed by atoms with van der Waals surface area (Å²) < 4.78 is 41.8. The monoisotopic (exact) mass is 345 g/mol. The van der Waals surface area contributed by atoms with E-state index in [-0.39, 0.29) is 24.4 Å². The molecule has 3 aliphatic rings. The summed E-state index contributed by atoms with van der Waals surface area (Å²) in [6.45, 7) is -2.84. The number of carbonyl (C=O) groups excluding carboxylic acids is 1. The fraction of sp³-hybridized carbons (Fsp3) is 0.600. The van der Waals surface area contributed by atoms with Crippen LogP contribution in [0.1, 0.15) is 24.8 Å². The molecule has 1 heterocycles. The Morgan fingerprint density at radius 2 is 2.08 bits per heavy atom. The average Bonchev–Trinajstić information content (AvgIpc) is 2.46. The molecule has 1 unspecified atom stereocenters. The number of nitrogens with one attached hydrogen (secondary N) is 2. The maximum atomic E-state index is 13.4. The highest BCUT2D eigenvalue weighted by Crippen LogP contribution is 2.70. The molecule has 3 aliphatic carbocycles. The topological polar surface area (TPSA) is 83.5 Å². The van der Waals surface area contributed by atoms with Gasteiger partial charge in [0.2, 0.25) is 5.88 Å². The molecule has 0 aliphatic heterocycles. The lowest BCUT2D eigenvalue weighted by atomic mass is 9.40. The van der Waals surface area contributed by atoms with Gasteiger partial charge >= 0.3 is 12.6 Å². The van der Waals surface area contributed by atoms with Gasteiger partial charge in [-0.15, -0.1) is 0 Å². The minimum absolute atomic E-state index is 0.0397. The zero-order valence-corrected chi connectivity index (χ0v) is 12.8. The highest BCUT2D eigenvalue weighted by atomic mass is 19.3. The van der Waals surface area contributed by atoms with Gasteiger partial charge in [0.25, 0.3) is 0 Å². The van der Waals surface area contributed by atoms with Crippen LogP contribution in [-0.2, 0) is 6.54 Å². The number of urea groups is 1. The normalized spacial score (nSPS) is 28.5. The zero-order chi connectivity index (χ0) is 17.4. The van der Waals surface area contributed by atoms with Gasteiger partial charge in [-0.2, -0.15) is 8.78 Å². The Morgan fingerprint density at radius 3 is 2.71 bits per heavy atom. The number of amides is 2. The lowest BCUT2D eigenvalue weighted by molar-refractivity contribution is -0.257. The quantitative estimate of drug-likeness (QED) is 0.703. The third-order valence-corrected chi connectivity index (χ3v) is 4.63. The molecule has 1 aromatic heterocycles. The van der Waals surface area contributed by atoms with Crippen molar-refractivity contribution in [1.29, 1.82) is 0 Å². The number of aliphatic hydroxyl groups is 1. The number of ether oxygens (including phenoxy) is 1. The Labute approximate surface area is 136 Å². The highest BCUT2D eigenvalue weighted by Gasteiger charge is 2.71. The highest BCUT2D eigenvalue weighted by molar-refractivity contribution is 5.73. The molecule has 1 aromatic rings. The second kappa shape index (κ2) is 6.12. The molecule has 1 atom stereocenters. The molecular weight excluding hydrogens is 327 g/mol. The Hall–Kier alpha value is -2.03. The van der Waals surface area contributed by atoms with Gasteiger partial charge in [0.05, 0.1) is 6.10 Å². The van der Waals surface area contributed by atoms with Crippen LogP contribution in [0.3, 0.4) is 0 Å². The predicted octanol–water partition coefficient (Wildman–Crippen LogP) is 1.74. The summed E-state index contributed by atoms with van der Waals surface area (Å²) in [5.74, 6) is -0.232. The lowest BCUT2D eigenvalue weighted by Gasteiger charge is -2.67. The minimum atomic E-state index is -2.97. The van der Waals surface area contributed by atoms with Crippen molar-refractivity contribution in [2.45, 2.75) is 44.2 Å². The first-order valence-electron chi connectivity index (χ1n) is 7.59. The number of carbonyl (C=O) groups is 1. The van der Waals surface area contributed by atoms with Gasteiger partial charge in [-0.1, -0.05) is 0 Å². The van der Waals surface area contributed by atoms with Crippen LogP contribution in [-0.4, -0.2) is 41.1 Å². The second-order valence-electron chi connectivity index (χ2n) is 6.50. The van der Waals surface area contributed by atoms with Crippen LogP contribution in [0.2, 0.25) is 0 Å². The number of aromatic nitrogens is 1. The molecule has 3 saturated carbocycles. The maximum Gasteiger partial charge on any atom is 0.388 e. The van der Waals surface area contributed by atoms with E-state index in [9.17, 15) is 23.1 Å². The van der Waals surface area contributed by atoms with Crippen LogP contribution in [0, 0.1) is 5.41 Å².